The molecule has 1 aliphatic heterocycles. The minimum Gasteiger partial charge on any atom is -0.344 e. The topological polar surface area (TPSA) is 128 Å². The van der Waals surface area contributed by atoms with Crippen molar-refractivity contribution < 1.29 is 9.59 Å². The van der Waals surface area contributed by atoms with Crippen molar-refractivity contribution in [1.82, 2.24) is 30.2 Å². The summed E-state index contributed by atoms with van der Waals surface area (Å²) in [6, 6.07) is 5.36. The van der Waals surface area contributed by atoms with E-state index >= 15 is 0 Å². The van der Waals surface area contributed by atoms with Gasteiger partial charge in [-0.2, -0.15) is 5.26 Å². The minimum atomic E-state index is -0.708. The van der Waals surface area contributed by atoms with Gasteiger partial charge in [0.15, 0.2) is 5.65 Å². The molecular formula is C22H19N7O2S. The Labute approximate surface area is 187 Å². The molecule has 0 saturated carbocycles. The van der Waals surface area contributed by atoms with Gasteiger partial charge in [0.05, 0.1) is 44.5 Å². The second-order valence-corrected chi connectivity index (χ2v) is 8.92. The number of hydrogen-bond donors (Lipinski definition) is 2. The zero-order chi connectivity index (χ0) is 22.4. The molecule has 2 N–H and O–H groups in total. The number of carbonyl (C=O) groups excluding carboxylic acids is 2. The first-order valence-electron chi connectivity index (χ1n) is 10.1. The molecule has 1 atom stereocenters. The predicted molar refractivity (Wildman–Crippen MR) is 120 cm³/mol. The van der Waals surface area contributed by atoms with E-state index in [4.69, 9.17) is 5.26 Å². The van der Waals surface area contributed by atoms with Crippen LogP contribution in [0.5, 0.6) is 0 Å². The quantitative estimate of drug-likeness (QED) is 0.497. The van der Waals surface area contributed by atoms with Gasteiger partial charge in [-0.3, -0.25) is 14.6 Å². The highest BCUT2D eigenvalue weighted by Crippen LogP contribution is 2.33. The molecule has 0 spiro atoms. The number of likely N-dealkylation sites (tertiary alicyclic amines) is 1. The summed E-state index contributed by atoms with van der Waals surface area (Å²) < 4.78 is 1.09. The summed E-state index contributed by atoms with van der Waals surface area (Å²) in [5.41, 5.74) is 3.95. The van der Waals surface area contributed by atoms with Gasteiger partial charge in [0.2, 0.25) is 5.91 Å². The first kappa shape index (κ1) is 20.1. The van der Waals surface area contributed by atoms with Crippen molar-refractivity contribution in [3.05, 3.63) is 41.9 Å². The molecule has 4 aromatic heterocycles. The summed E-state index contributed by atoms with van der Waals surface area (Å²) in [5, 5.41) is 11.6. The van der Waals surface area contributed by atoms with Crippen LogP contribution < -0.4 is 5.32 Å². The van der Waals surface area contributed by atoms with Crippen LogP contribution >= 0.6 is 11.3 Å². The molecule has 0 aromatic carbocycles. The van der Waals surface area contributed by atoms with Crippen molar-refractivity contribution in [2.75, 3.05) is 13.1 Å². The molecular weight excluding hydrogens is 426 g/mol. The van der Waals surface area contributed by atoms with Crippen molar-refractivity contribution in [3.8, 4) is 16.6 Å². The van der Waals surface area contributed by atoms with Crippen LogP contribution in [-0.4, -0.2) is 55.8 Å². The van der Waals surface area contributed by atoms with Crippen LogP contribution in [-0.2, 0) is 4.79 Å². The van der Waals surface area contributed by atoms with Crippen molar-refractivity contribution in [3.63, 3.8) is 0 Å². The van der Waals surface area contributed by atoms with Crippen molar-refractivity contribution in [2.45, 2.75) is 19.9 Å². The number of aryl methyl sites for hydroxylation is 1. The normalized spacial score (nSPS) is 14.8. The molecule has 0 aliphatic carbocycles. The van der Waals surface area contributed by atoms with Crippen LogP contribution in [0.1, 0.15) is 22.8 Å². The van der Waals surface area contributed by atoms with Crippen molar-refractivity contribution in [2.24, 2.45) is 5.92 Å². The van der Waals surface area contributed by atoms with Crippen LogP contribution in [0.4, 0.5) is 0 Å². The third kappa shape index (κ3) is 3.36. The first-order valence-corrected chi connectivity index (χ1v) is 10.9. The van der Waals surface area contributed by atoms with Gasteiger partial charge in [0, 0.05) is 25.5 Å². The lowest BCUT2D eigenvalue weighted by Crippen LogP contribution is -2.55. The monoisotopic (exact) mass is 445 g/mol. The fourth-order valence-corrected chi connectivity index (χ4v) is 4.76. The van der Waals surface area contributed by atoms with Gasteiger partial charge in [-0.25, -0.2) is 9.97 Å². The van der Waals surface area contributed by atoms with Gasteiger partial charge in [0.25, 0.3) is 5.91 Å². The van der Waals surface area contributed by atoms with E-state index in [2.05, 4.69) is 31.3 Å². The fourth-order valence-electron chi connectivity index (χ4n) is 3.72. The average Bonchev–Trinajstić information content (AvgIpc) is 3.37. The number of carbonyl (C=O) groups is 2. The number of aromatic amines is 1. The highest BCUT2D eigenvalue weighted by molar-refractivity contribution is 7.22. The van der Waals surface area contributed by atoms with E-state index < -0.39 is 11.9 Å². The molecule has 5 heterocycles. The van der Waals surface area contributed by atoms with E-state index in [1.807, 2.05) is 19.1 Å². The van der Waals surface area contributed by atoms with E-state index in [-0.39, 0.29) is 11.8 Å². The minimum absolute atomic E-state index is 0.128. The summed E-state index contributed by atoms with van der Waals surface area (Å²) in [6.45, 7) is 4.48. The Bertz CT molecular complexity index is 1410. The Morgan fingerprint density at radius 3 is 2.94 bits per heavy atom. The van der Waals surface area contributed by atoms with E-state index in [9.17, 15) is 9.59 Å². The summed E-state index contributed by atoms with van der Waals surface area (Å²) in [7, 11) is 0. The molecule has 5 rings (SSSR count). The number of fused-ring (bicyclic) bond motifs is 2. The Hall–Kier alpha value is -3.84. The zero-order valence-electron chi connectivity index (χ0n) is 17.4. The van der Waals surface area contributed by atoms with Crippen LogP contribution in [0.3, 0.4) is 0 Å². The zero-order valence-corrected chi connectivity index (χ0v) is 18.2. The van der Waals surface area contributed by atoms with Crippen LogP contribution in [0.2, 0.25) is 0 Å². The number of thiophene rings is 1. The highest BCUT2D eigenvalue weighted by atomic mass is 32.1. The number of amides is 2. The maximum absolute atomic E-state index is 12.9. The Balaban J connectivity index is 1.40. The molecule has 160 valence electrons. The molecule has 1 aliphatic rings. The molecule has 0 unspecified atom stereocenters. The largest absolute Gasteiger partial charge is 0.344 e. The molecule has 32 heavy (non-hydrogen) atoms. The van der Waals surface area contributed by atoms with E-state index in [0.29, 0.717) is 35.5 Å². The lowest BCUT2D eigenvalue weighted by Gasteiger charge is -2.37. The van der Waals surface area contributed by atoms with Gasteiger partial charge in [0.1, 0.15) is 11.6 Å². The van der Waals surface area contributed by atoms with Gasteiger partial charge in [-0.1, -0.05) is 0 Å². The molecule has 1 saturated heterocycles. The lowest BCUT2D eigenvalue weighted by molar-refractivity contribution is -0.137. The molecule has 2 amide bonds. The number of pyridine rings is 1. The average molecular weight is 446 g/mol. The SMILES string of the molecule is Cc1ccnc2cc(-c3cnc4[nH]cc(C(=O)N[C@H](C)C(=O)N5CC(C#N)C5)c4n3)sc12. The van der Waals surface area contributed by atoms with Gasteiger partial charge in [-0.15, -0.1) is 11.3 Å². The third-order valence-corrected chi connectivity index (χ3v) is 6.86. The van der Waals surface area contributed by atoms with E-state index in [0.717, 1.165) is 20.7 Å². The summed E-state index contributed by atoms with van der Waals surface area (Å²) >= 11 is 1.58. The van der Waals surface area contributed by atoms with Crippen LogP contribution in [0.15, 0.2) is 30.7 Å². The first-order chi connectivity index (χ1) is 15.4. The number of hydrogen-bond acceptors (Lipinski definition) is 7. The number of H-pyrrole nitrogens is 1. The Kier molecular flexibility index (Phi) is 4.83. The van der Waals surface area contributed by atoms with E-state index in [1.54, 1.807) is 41.8 Å². The number of nitriles is 1. The fraction of sp³-hybridized carbons (Fsp3) is 0.273. The van der Waals surface area contributed by atoms with Crippen LogP contribution in [0.25, 0.3) is 32.0 Å². The van der Waals surface area contributed by atoms with Gasteiger partial charge in [-0.05, 0) is 31.5 Å². The van der Waals surface area contributed by atoms with Gasteiger partial charge < -0.3 is 15.2 Å². The highest BCUT2D eigenvalue weighted by Gasteiger charge is 2.33. The molecule has 9 nitrogen and oxygen atoms in total. The van der Waals surface area contributed by atoms with Crippen LogP contribution in [0, 0.1) is 24.2 Å². The van der Waals surface area contributed by atoms with Gasteiger partial charge >= 0.3 is 0 Å². The Morgan fingerprint density at radius 1 is 1.38 bits per heavy atom. The molecule has 4 aromatic rings. The predicted octanol–water partition coefficient (Wildman–Crippen LogP) is 2.64. The summed E-state index contributed by atoms with van der Waals surface area (Å²) in [5.74, 6) is -0.739. The molecule has 1 fully saturated rings. The number of rotatable bonds is 4. The second-order valence-electron chi connectivity index (χ2n) is 7.87. The molecule has 10 heteroatoms. The molecule has 0 bridgehead atoms. The number of nitrogens with zero attached hydrogens (tertiary/aromatic N) is 5. The summed E-state index contributed by atoms with van der Waals surface area (Å²) in [6.07, 6.45) is 5.00. The van der Waals surface area contributed by atoms with Crippen molar-refractivity contribution in [1.29, 1.82) is 5.26 Å². The standard InChI is InChI=1S/C22H19N7O2S/c1-11-3-4-24-15-5-17(32-19(11)15)16-8-26-20-18(28-16)14(7-25-20)21(30)27-12(2)22(31)29-9-13(6-23)10-29/h3-5,7-8,12-13H,9-10H2,1-2H3,(H,25,26)(H,27,30)/t12-/m1/s1. The third-order valence-electron chi connectivity index (χ3n) is 5.58. The van der Waals surface area contributed by atoms with Crippen molar-refractivity contribution >= 4 is 44.5 Å². The number of nitrogens with one attached hydrogen (secondary N) is 2. The number of aromatic nitrogens is 4. The maximum atomic E-state index is 12.9. The molecule has 0 radical (unpaired) electrons. The second kappa shape index (κ2) is 7.69. The Morgan fingerprint density at radius 2 is 2.19 bits per heavy atom. The smallest absolute Gasteiger partial charge is 0.255 e. The van der Waals surface area contributed by atoms with E-state index in [1.165, 1.54) is 0 Å². The maximum Gasteiger partial charge on any atom is 0.255 e. The summed E-state index contributed by atoms with van der Waals surface area (Å²) in [4.78, 5) is 44.3. The lowest BCUT2D eigenvalue weighted by atomic mass is 10.0.